The molecule has 0 radical (unpaired) electrons. The second-order valence-electron chi connectivity index (χ2n) is 5.03. The van der Waals surface area contributed by atoms with Crippen LogP contribution in [0.5, 0.6) is 0 Å². The maximum Gasteiger partial charge on any atom is 0.273 e. The summed E-state index contributed by atoms with van der Waals surface area (Å²) in [6, 6.07) is 8.84. The topological polar surface area (TPSA) is 50.2 Å². The fourth-order valence-electron chi connectivity index (χ4n) is 2.19. The molecular formula is C15H14ClN3O. The summed E-state index contributed by atoms with van der Waals surface area (Å²) < 4.78 is 1.47. The van der Waals surface area contributed by atoms with E-state index in [1.165, 1.54) is 10.6 Å². The lowest BCUT2D eigenvalue weighted by Gasteiger charge is -2.04. The predicted octanol–water partition coefficient (Wildman–Crippen LogP) is 3.47. The molecule has 0 aliphatic heterocycles. The van der Waals surface area contributed by atoms with E-state index in [0.717, 1.165) is 11.1 Å². The van der Waals surface area contributed by atoms with Crippen LogP contribution in [0.3, 0.4) is 0 Å². The fourth-order valence-corrected chi connectivity index (χ4v) is 2.32. The number of fused-ring (bicyclic) bond motifs is 1. The average molecular weight is 288 g/mol. The van der Waals surface area contributed by atoms with Gasteiger partial charge in [-0.15, -0.1) is 0 Å². The number of hydrogen-bond donors (Lipinski definition) is 1. The molecular weight excluding hydrogens is 274 g/mol. The van der Waals surface area contributed by atoms with Gasteiger partial charge in [0.25, 0.3) is 5.56 Å². The maximum absolute atomic E-state index is 12.1. The molecule has 0 amide bonds. The van der Waals surface area contributed by atoms with Crippen molar-refractivity contribution >= 4 is 17.2 Å². The Morgan fingerprint density at radius 1 is 1.25 bits per heavy atom. The van der Waals surface area contributed by atoms with E-state index in [2.05, 4.69) is 23.9 Å². The van der Waals surface area contributed by atoms with Crippen LogP contribution >= 0.6 is 11.6 Å². The van der Waals surface area contributed by atoms with Crippen LogP contribution in [0.1, 0.15) is 25.3 Å². The largest absolute Gasteiger partial charge is 0.297 e. The number of benzene rings is 1. The Bertz CT molecular complexity index is 815. The molecule has 0 saturated heterocycles. The molecule has 4 nitrogen and oxygen atoms in total. The molecule has 3 aromatic rings. The quantitative estimate of drug-likeness (QED) is 0.784. The van der Waals surface area contributed by atoms with Gasteiger partial charge in [0.05, 0.1) is 5.69 Å². The van der Waals surface area contributed by atoms with Gasteiger partial charge in [0.2, 0.25) is 0 Å². The first-order chi connectivity index (χ1) is 9.56. The van der Waals surface area contributed by atoms with Crippen LogP contribution in [0.25, 0.3) is 16.9 Å². The summed E-state index contributed by atoms with van der Waals surface area (Å²) in [6.07, 6.45) is 1.83. The minimum atomic E-state index is -0.119. The molecule has 102 valence electrons. The Labute approximate surface area is 121 Å². The summed E-state index contributed by atoms with van der Waals surface area (Å²) in [7, 11) is 0. The Morgan fingerprint density at radius 3 is 2.60 bits per heavy atom. The summed E-state index contributed by atoms with van der Waals surface area (Å²) in [4.78, 5) is 16.7. The molecule has 1 N–H and O–H groups in total. The summed E-state index contributed by atoms with van der Waals surface area (Å²) in [5.74, 6) is 0.295. The molecule has 0 fully saturated rings. The number of aromatic nitrogens is 3. The number of halogens is 1. The standard InChI is InChI=1S/C15H14ClN3O/c1-9(2)12-8-17-19-14(20)7-13(18-15(12)19)10-3-5-11(16)6-4-10/h3-9,17H,1-2H3. The Balaban J connectivity index is 2.25. The van der Waals surface area contributed by atoms with Crippen LogP contribution < -0.4 is 5.56 Å². The van der Waals surface area contributed by atoms with Crippen molar-refractivity contribution < 1.29 is 0 Å². The zero-order chi connectivity index (χ0) is 14.3. The van der Waals surface area contributed by atoms with Gasteiger partial charge >= 0.3 is 0 Å². The van der Waals surface area contributed by atoms with Gasteiger partial charge in [0.15, 0.2) is 5.65 Å². The fraction of sp³-hybridized carbons (Fsp3) is 0.200. The smallest absolute Gasteiger partial charge is 0.273 e. The molecule has 0 saturated carbocycles. The maximum atomic E-state index is 12.1. The summed E-state index contributed by atoms with van der Waals surface area (Å²) >= 11 is 5.88. The molecule has 3 rings (SSSR count). The monoisotopic (exact) mass is 287 g/mol. The van der Waals surface area contributed by atoms with Gasteiger partial charge < -0.3 is 0 Å². The third kappa shape index (κ3) is 2.12. The molecule has 2 aromatic heterocycles. The van der Waals surface area contributed by atoms with E-state index in [9.17, 15) is 4.79 Å². The van der Waals surface area contributed by atoms with Crippen molar-refractivity contribution in [1.82, 2.24) is 14.6 Å². The zero-order valence-electron chi connectivity index (χ0n) is 11.2. The Hall–Kier alpha value is -2.07. The molecule has 2 heterocycles. The number of H-pyrrole nitrogens is 1. The van der Waals surface area contributed by atoms with Gasteiger partial charge in [0.1, 0.15) is 0 Å². The second-order valence-corrected chi connectivity index (χ2v) is 5.47. The molecule has 0 spiro atoms. The van der Waals surface area contributed by atoms with Crippen molar-refractivity contribution in [3.05, 3.63) is 57.5 Å². The van der Waals surface area contributed by atoms with Gasteiger partial charge in [-0.1, -0.05) is 37.6 Å². The second kappa shape index (κ2) is 4.80. The third-order valence-corrected chi connectivity index (χ3v) is 3.54. The van der Waals surface area contributed by atoms with Crippen LogP contribution in [-0.2, 0) is 0 Å². The first-order valence-electron chi connectivity index (χ1n) is 6.43. The van der Waals surface area contributed by atoms with Crippen LogP contribution in [0.2, 0.25) is 5.02 Å². The Kier molecular flexibility index (Phi) is 3.10. The van der Waals surface area contributed by atoms with Crippen molar-refractivity contribution in [2.75, 3.05) is 0 Å². The van der Waals surface area contributed by atoms with E-state index in [-0.39, 0.29) is 5.56 Å². The highest BCUT2D eigenvalue weighted by Crippen LogP contribution is 2.22. The van der Waals surface area contributed by atoms with Gasteiger partial charge in [-0.2, -0.15) is 0 Å². The zero-order valence-corrected chi connectivity index (χ0v) is 12.0. The van der Waals surface area contributed by atoms with Crippen molar-refractivity contribution in [3.8, 4) is 11.3 Å². The number of rotatable bonds is 2. The van der Waals surface area contributed by atoms with E-state index in [1.54, 1.807) is 12.1 Å². The lowest BCUT2D eigenvalue weighted by molar-refractivity contribution is 0.870. The minimum absolute atomic E-state index is 0.119. The number of nitrogens with zero attached hydrogens (tertiary/aromatic N) is 2. The van der Waals surface area contributed by atoms with Crippen LogP contribution in [0.4, 0.5) is 0 Å². The van der Waals surface area contributed by atoms with Crippen molar-refractivity contribution in [2.24, 2.45) is 0 Å². The lowest BCUT2D eigenvalue weighted by Crippen LogP contribution is -2.14. The minimum Gasteiger partial charge on any atom is -0.297 e. The van der Waals surface area contributed by atoms with E-state index >= 15 is 0 Å². The summed E-state index contributed by atoms with van der Waals surface area (Å²) in [6.45, 7) is 4.15. The number of hydrogen-bond acceptors (Lipinski definition) is 2. The van der Waals surface area contributed by atoms with Crippen LogP contribution in [0.15, 0.2) is 41.3 Å². The molecule has 20 heavy (non-hydrogen) atoms. The van der Waals surface area contributed by atoms with Gasteiger partial charge in [-0.3, -0.25) is 9.89 Å². The lowest BCUT2D eigenvalue weighted by atomic mass is 10.1. The van der Waals surface area contributed by atoms with Crippen molar-refractivity contribution in [3.63, 3.8) is 0 Å². The molecule has 0 unspecified atom stereocenters. The van der Waals surface area contributed by atoms with E-state index in [4.69, 9.17) is 11.6 Å². The SMILES string of the molecule is CC(C)c1c[nH]n2c(=O)cc(-c3ccc(Cl)cc3)nc12. The highest BCUT2D eigenvalue weighted by Gasteiger charge is 2.12. The van der Waals surface area contributed by atoms with E-state index < -0.39 is 0 Å². The Morgan fingerprint density at radius 2 is 1.95 bits per heavy atom. The molecule has 5 heteroatoms. The van der Waals surface area contributed by atoms with Gasteiger partial charge in [-0.25, -0.2) is 9.50 Å². The van der Waals surface area contributed by atoms with E-state index in [0.29, 0.717) is 22.3 Å². The first kappa shape index (κ1) is 12.9. The van der Waals surface area contributed by atoms with Crippen LogP contribution in [0, 0.1) is 0 Å². The molecule has 0 aliphatic rings. The average Bonchev–Trinajstić information content (AvgIpc) is 2.84. The normalized spacial score (nSPS) is 11.4. The molecule has 0 atom stereocenters. The predicted molar refractivity (Wildman–Crippen MR) is 80.3 cm³/mol. The van der Waals surface area contributed by atoms with Crippen molar-refractivity contribution in [2.45, 2.75) is 19.8 Å². The molecule has 0 aliphatic carbocycles. The van der Waals surface area contributed by atoms with Crippen molar-refractivity contribution in [1.29, 1.82) is 0 Å². The van der Waals surface area contributed by atoms with Gasteiger partial charge in [0, 0.05) is 28.4 Å². The molecule has 1 aromatic carbocycles. The summed E-state index contributed by atoms with van der Waals surface area (Å²) in [5.41, 5.74) is 3.13. The number of aromatic amines is 1. The highest BCUT2D eigenvalue weighted by molar-refractivity contribution is 6.30. The van der Waals surface area contributed by atoms with E-state index in [1.807, 2.05) is 18.3 Å². The number of nitrogens with one attached hydrogen (secondary N) is 1. The molecule has 0 bridgehead atoms. The first-order valence-corrected chi connectivity index (χ1v) is 6.81. The van der Waals surface area contributed by atoms with Crippen LogP contribution in [-0.4, -0.2) is 14.6 Å². The van der Waals surface area contributed by atoms with Gasteiger partial charge in [-0.05, 0) is 18.1 Å². The highest BCUT2D eigenvalue weighted by atomic mass is 35.5. The third-order valence-electron chi connectivity index (χ3n) is 3.29. The summed E-state index contributed by atoms with van der Waals surface area (Å²) in [5, 5.41) is 3.61.